The number of carbonyl (C=O) groups is 1. The second-order valence-electron chi connectivity index (χ2n) is 6.60. The zero-order valence-electron chi connectivity index (χ0n) is 14.0. The largest absolute Gasteiger partial charge is 0.381 e. The fourth-order valence-electron chi connectivity index (χ4n) is 3.37. The number of rotatable bonds is 5. The van der Waals surface area contributed by atoms with Gasteiger partial charge in [0.2, 0.25) is 5.91 Å². The first-order valence-electron chi connectivity index (χ1n) is 8.58. The maximum absolute atomic E-state index is 12.6. The molecule has 2 fully saturated rings. The molecule has 0 unspecified atom stereocenters. The van der Waals surface area contributed by atoms with Crippen LogP contribution in [0.15, 0.2) is 29.2 Å². The van der Waals surface area contributed by atoms with Crippen molar-refractivity contribution < 1.29 is 9.53 Å². The van der Waals surface area contributed by atoms with E-state index in [0.717, 1.165) is 10.9 Å². The molecule has 1 heterocycles. The molecule has 2 aliphatic rings. The van der Waals surface area contributed by atoms with E-state index in [2.05, 4.69) is 17.4 Å². The van der Waals surface area contributed by atoms with Crippen molar-refractivity contribution in [3.8, 4) is 0 Å². The number of nitrogens with one attached hydrogen (secondary N) is 1. The Hall–Kier alpha value is -0.750. The molecule has 0 radical (unpaired) electrons. The number of thioether (sulfide) groups is 1. The summed E-state index contributed by atoms with van der Waals surface area (Å²) in [5.41, 5.74) is 6.26. The molecule has 0 atom stereocenters. The van der Waals surface area contributed by atoms with Crippen LogP contribution in [0.2, 0.25) is 0 Å². The average Bonchev–Trinajstić information content (AvgIpc) is 3.10. The predicted octanol–water partition coefficient (Wildman–Crippen LogP) is 3.84. The number of anilines is 1. The summed E-state index contributed by atoms with van der Waals surface area (Å²) in [6.07, 6.45) is 6.76. The SMILES string of the molecule is Cl.NCC1(C(=O)Nc2ccc(SC3CCCC3)cc2)CCOCC1. The molecule has 0 bridgehead atoms. The molecule has 0 aromatic heterocycles. The Kier molecular flexibility index (Phi) is 7.41. The molecule has 0 spiro atoms. The van der Waals surface area contributed by atoms with E-state index in [-0.39, 0.29) is 18.3 Å². The van der Waals surface area contributed by atoms with Gasteiger partial charge in [-0.1, -0.05) is 12.8 Å². The molecule has 3 rings (SSSR count). The van der Waals surface area contributed by atoms with E-state index in [1.54, 1.807) is 0 Å². The zero-order valence-corrected chi connectivity index (χ0v) is 15.6. The second-order valence-corrected chi connectivity index (χ2v) is 7.97. The Morgan fingerprint density at radius 3 is 2.42 bits per heavy atom. The van der Waals surface area contributed by atoms with Gasteiger partial charge in [0.15, 0.2) is 0 Å². The van der Waals surface area contributed by atoms with Crippen molar-refractivity contribution in [2.75, 3.05) is 25.1 Å². The topological polar surface area (TPSA) is 64.4 Å². The lowest BCUT2D eigenvalue weighted by molar-refractivity contribution is -0.130. The normalized spacial score (nSPS) is 20.4. The minimum Gasteiger partial charge on any atom is -0.381 e. The van der Waals surface area contributed by atoms with E-state index < -0.39 is 5.41 Å². The lowest BCUT2D eigenvalue weighted by Gasteiger charge is -2.34. The molecule has 1 amide bonds. The number of benzene rings is 1. The Bertz CT molecular complexity index is 526. The van der Waals surface area contributed by atoms with Gasteiger partial charge in [-0.25, -0.2) is 0 Å². The third kappa shape index (κ3) is 4.66. The van der Waals surface area contributed by atoms with Crippen LogP contribution in [-0.4, -0.2) is 30.9 Å². The number of hydrogen-bond donors (Lipinski definition) is 2. The van der Waals surface area contributed by atoms with Crippen LogP contribution in [0.1, 0.15) is 38.5 Å². The summed E-state index contributed by atoms with van der Waals surface area (Å²) in [4.78, 5) is 13.9. The fraction of sp³-hybridized carbons (Fsp3) is 0.611. The summed E-state index contributed by atoms with van der Waals surface area (Å²) in [6, 6.07) is 8.22. The van der Waals surface area contributed by atoms with Gasteiger partial charge in [-0.3, -0.25) is 4.79 Å². The van der Waals surface area contributed by atoms with Gasteiger partial charge in [-0.2, -0.15) is 0 Å². The molecule has 24 heavy (non-hydrogen) atoms. The first kappa shape index (κ1) is 19.6. The highest BCUT2D eigenvalue weighted by Crippen LogP contribution is 2.35. The van der Waals surface area contributed by atoms with Gasteiger partial charge in [0.05, 0.1) is 5.41 Å². The van der Waals surface area contributed by atoms with Gasteiger partial charge >= 0.3 is 0 Å². The van der Waals surface area contributed by atoms with Crippen LogP contribution in [0.3, 0.4) is 0 Å². The Morgan fingerprint density at radius 1 is 1.21 bits per heavy atom. The van der Waals surface area contributed by atoms with Crippen molar-refractivity contribution >= 4 is 35.8 Å². The Balaban J connectivity index is 0.00000208. The number of carbonyl (C=O) groups excluding carboxylic acids is 1. The van der Waals surface area contributed by atoms with E-state index in [4.69, 9.17) is 10.5 Å². The first-order valence-corrected chi connectivity index (χ1v) is 9.46. The van der Waals surface area contributed by atoms with Crippen molar-refractivity contribution in [1.29, 1.82) is 0 Å². The summed E-state index contributed by atoms with van der Waals surface area (Å²) in [6.45, 7) is 1.60. The number of ether oxygens (including phenoxy) is 1. The molecule has 1 aliphatic carbocycles. The third-order valence-corrected chi connectivity index (χ3v) is 6.39. The van der Waals surface area contributed by atoms with Gasteiger partial charge in [0.25, 0.3) is 0 Å². The molecule has 134 valence electrons. The molecule has 1 saturated heterocycles. The number of amides is 1. The summed E-state index contributed by atoms with van der Waals surface area (Å²) in [7, 11) is 0. The van der Waals surface area contributed by atoms with Crippen molar-refractivity contribution in [2.45, 2.75) is 48.7 Å². The Labute approximate surface area is 154 Å². The highest BCUT2D eigenvalue weighted by atomic mass is 35.5. The van der Waals surface area contributed by atoms with Crippen LogP contribution in [0.25, 0.3) is 0 Å². The van der Waals surface area contributed by atoms with Gasteiger partial charge < -0.3 is 15.8 Å². The lowest BCUT2D eigenvalue weighted by atomic mass is 9.79. The average molecular weight is 371 g/mol. The zero-order chi connectivity index (χ0) is 16.1. The molecule has 1 aromatic rings. The summed E-state index contributed by atoms with van der Waals surface area (Å²) < 4.78 is 5.37. The maximum atomic E-state index is 12.6. The van der Waals surface area contributed by atoms with E-state index in [1.165, 1.54) is 30.6 Å². The van der Waals surface area contributed by atoms with Crippen molar-refractivity contribution in [3.05, 3.63) is 24.3 Å². The molecule has 4 nitrogen and oxygen atoms in total. The monoisotopic (exact) mass is 370 g/mol. The van der Waals surface area contributed by atoms with Crippen molar-refractivity contribution in [3.63, 3.8) is 0 Å². The van der Waals surface area contributed by atoms with Crippen LogP contribution >= 0.6 is 24.2 Å². The molecular formula is C18H27ClN2O2S. The highest BCUT2D eigenvalue weighted by Gasteiger charge is 2.38. The van der Waals surface area contributed by atoms with Gasteiger partial charge in [0, 0.05) is 35.6 Å². The number of halogens is 1. The van der Waals surface area contributed by atoms with Crippen LogP contribution < -0.4 is 11.1 Å². The van der Waals surface area contributed by atoms with Crippen LogP contribution in [0, 0.1) is 5.41 Å². The maximum Gasteiger partial charge on any atom is 0.232 e. The van der Waals surface area contributed by atoms with E-state index in [9.17, 15) is 4.79 Å². The Morgan fingerprint density at radius 2 is 1.83 bits per heavy atom. The smallest absolute Gasteiger partial charge is 0.232 e. The van der Waals surface area contributed by atoms with Crippen LogP contribution in [0.4, 0.5) is 5.69 Å². The lowest BCUT2D eigenvalue weighted by Crippen LogP contribution is -2.46. The number of hydrogen-bond acceptors (Lipinski definition) is 4. The van der Waals surface area contributed by atoms with Crippen LogP contribution in [0.5, 0.6) is 0 Å². The molecule has 1 saturated carbocycles. The molecule has 6 heteroatoms. The quantitative estimate of drug-likeness (QED) is 0.826. The minimum atomic E-state index is -0.477. The highest BCUT2D eigenvalue weighted by molar-refractivity contribution is 8.00. The van der Waals surface area contributed by atoms with Gasteiger partial charge in [0.1, 0.15) is 0 Å². The van der Waals surface area contributed by atoms with E-state index >= 15 is 0 Å². The number of nitrogens with two attached hydrogens (primary N) is 1. The minimum absolute atomic E-state index is 0. The third-order valence-electron chi connectivity index (χ3n) is 5.04. The van der Waals surface area contributed by atoms with Crippen molar-refractivity contribution in [2.24, 2.45) is 11.1 Å². The molecular weight excluding hydrogens is 344 g/mol. The first-order chi connectivity index (χ1) is 11.2. The van der Waals surface area contributed by atoms with Gasteiger partial charge in [-0.15, -0.1) is 24.2 Å². The molecule has 3 N–H and O–H groups in total. The van der Waals surface area contributed by atoms with Gasteiger partial charge in [-0.05, 0) is 49.9 Å². The fourth-order valence-corrected chi connectivity index (χ4v) is 4.61. The standard InChI is InChI=1S/C18H26N2O2S.ClH/c19-13-18(9-11-22-12-10-18)17(21)20-14-5-7-16(8-6-14)23-15-3-1-2-4-15;/h5-8,15H,1-4,9-13,19H2,(H,20,21);1H. The summed E-state index contributed by atoms with van der Waals surface area (Å²) >= 11 is 1.96. The second kappa shape index (κ2) is 9.09. The summed E-state index contributed by atoms with van der Waals surface area (Å²) in [5, 5.41) is 3.80. The van der Waals surface area contributed by atoms with Crippen molar-refractivity contribution in [1.82, 2.24) is 0 Å². The predicted molar refractivity (Wildman–Crippen MR) is 102 cm³/mol. The molecule has 1 aliphatic heterocycles. The summed E-state index contributed by atoms with van der Waals surface area (Å²) in [5.74, 6) is 0.0273. The van der Waals surface area contributed by atoms with E-state index in [1.807, 2.05) is 23.9 Å². The van der Waals surface area contributed by atoms with E-state index in [0.29, 0.717) is 32.6 Å². The van der Waals surface area contributed by atoms with Crippen LogP contribution in [-0.2, 0) is 9.53 Å². The molecule has 1 aromatic carbocycles.